The number of furan rings is 1. The fraction of sp³-hybridized carbons (Fsp3) is 0.533. The highest BCUT2D eigenvalue weighted by molar-refractivity contribution is 5.96. The van der Waals surface area contributed by atoms with Gasteiger partial charge in [-0.3, -0.25) is 25.2 Å². The van der Waals surface area contributed by atoms with Crippen LogP contribution in [0.1, 0.15) is 41.6 Å². The fourth-order valence-electron chi connectivity index (χ4n) is 2.62. The van der Waals surface area contributed by atoms with Crippen molar-refractivity contribution in [2.75, 3.05) is 13.1 Å². The molecule has 0 aliphatic carbocycles. The van der Waals surface area contributed by atoms with Gasteiger partial charge in [0.1, 0.15) is 11.5 Å². The Kier molecular flexibility index (Phi) is 4.85. The van der Waals surface area contributed by atoms with Gasteiger partial charge in [0, 0.05) is 20.0 Å². The zero-order valence-corrected chi connectivity index (χ0v) is 13.1. The number of carbonyl (C=O) groups excluding carboxylic acids is 3. The molecule has 0 bridgehead atoms. The van der Waals surface area contributed by atoms with Gasteiger partial charge in [-0.1, -0.05) is 0 Å². The Bertz CT molecular complexity index is 594. The molecule has 0 saturated carbocycles. The van der Waals surface area contributed by atoms with Crippen molar-refractivity contribution in [1.82, 2.24) is 15.8 Å². The minimum Gasteiger partial charge on any atom is -0.466 e. The van der Waals surface area contributed by atoms with E-state index < -0.39 is 5.91 Å². The molecule has 2 rings (SSSR count). The lowest BCUT2D eigenvalue weighted by Gasteiger charge is -2.31. The van der Waals surface area contributed by atoms with E-state index in [2.05, 4.69) is 10.9 Å². The molecule has 120 valence electrons. The van der Waals surface area contributed by atoms with E-state index in [1.165, 1.54) is 6.92 Å². The van der Waals surface area contributed by atoms with Crippen LogP contribution in [0.2, 0.25) is 0 Å². The van der Waals surface area contributed by atoms with Crippen molar-refractivity contribution in [3.63, 3.8) is 0 Å². The molecular weight excluding hydrogens is 286 g/mol. The van der Waals surface area contributed by atoms with E-state index in [-0.39, 0.29) is 17.7 Å². The van der Waals surface area contributed by atoms with Gasteiger partial charge in [0.2, 0.25) is 11.8 Å². The molecule has 1 aliphatic rings. The molecule has 7 nitrogen and oxygen atoms in total. The van der Waals surface area contributed by atoms with Crippen LogP contribution in [0.3, 0.4) is 0 Å². The molecule has 22 heavy (non-hydrogen) atoms. The lowest BCUT2D eigenvalue weighted by atomic mass is 9.97. The summed E-state index contributed by atoms with van der Waals surface area (Å²) in [6, 6.07) is 1.62. The van der Waals surface area contributed by atoms with E-state index in [0.29, 0.717) is 36.6 Å². The van der Waals surface area contributed by atoms with Crippen LogP contribution in [-0.4, -0.2) is 35.7 Å². The zero-order valence-electron chi connectivity index (χ0n) is 13.1. The number of rotatable bonds is 2. The van der Waals surface area contributed by atoms with Crippen LogP contribution in [0.25, 0.3) is 0 Å². The summed E-state index contributed by atoms with van der Waals surface area (Å²) in [4.78, 5) is 37.1. The average Bonchev–Trinajstić information content (AvgIpc) is 2.83. The van der Waals surface area contributed by atoms with Crippen LogP contribution in [0.15, 0.2) is 10.5 Å². The van der Waals surface area contributed by atoms with Crippen LogP contribution in [-0.2, 0) is 9.59 Å². The van der Waals surface area contributed by atoms with E-state index in [4.69, 9.17) is 4.42 Å². The molecule has 1 fully saturated rings. The van der Waals surface area contributed by atoms with Crippen molar-refractivity contribution in [3.8, 4) is 0 Å². The number of nitrogens with zero attached hydrogens (tertiary/aromatic N) is 1. The Morgan fingerprint density at radius 3 is 2.59 bits per heavy atom. The topological polar surface area (TPSA) is 91.7 Å². The molecule has 0 radical (unpaired) electrons. The van der Waals surface area contributed by atoms with Crippen LogP contribution in [0.4, 0.5) is 0 Å². The van der Waals surface area contributed by atoms with Gasteiger partial charge in [0.15, 0.2) is 0 Å². The highest BCUT2D eigenvalue weighted by Gasteiger charge is 2.27. The van der Waals surface area contributed by atoms with Gasteiger partial charge in [-0.25, -0.2) is 0 Å². The maximum atomic E-state index is 12.1. The minimum atomic E-state index is -0.415. The fourth-order valence-corrected chi connectivity index (χ4v) is 2.62. The first kappa shape index (κ1) is 16.1. The predicted molar refractivity (Wildman–Crippen MR) is 78.8 cm³/mol. The third kappa shape index (κ3) is 3.66. The van der Waals surface area contributed by atoms with Gasteiger partial charge in [-0.15, -0.1) is 0 Å². The van der Waals surface area contributed by atoms with Gasteiger partial charge in [-0.05, 0) is 32.8 Å². The summed E-state index contributed by atoms with van der Waals surface area (Å²) in [5.41, 5.74) is 5.22. The van der Waals surface area contributed by atoms with E-state index in [1.807, 2.05) is 0 Å². The predicted octanol–water partition coefficient (Wildman–Crippen LogP) is 0.916. The summed E-state index contributed by atoms with van der Waals surface area (Å²) >= 11 is 0. The number of piperidine rings is 1. The normalized spacial score (nSPS) is 18.0. The standard InChI is InChI=1S/C15H21N3O4/c1-9-7-13(10(2)22-9)15(21)17-16-14(20)12-5-4-6-18(8-12)11(3)19/h7,12H,4-6,8H2,1-3H3,(H,16,20)(H,17,21)/t12-/m1/s1. The first-order chi connectivity index (χ1) is 10.4. The van der Waals surface area contributed by atoms with E-state index in [0.717, 1.165) is 6.42 Å². The van der Waals surface area contributed by atoms with Crippen LogP contribution in [0.5, 0.6) is 0 Å². The average molecular weight is 307 g/mol. The molecule has 0 unspecified atom stereocenters. The Morgan fingerprint density at radius 1 is 1.27 bits per heavy atom. The van der Waals surface area contributed by atoms with Crippen LogP contribution in [0, 0.1) is 19.8 Å². The van der Waals surface area contributed by atoms with Crippen molar-refractivity contribution in [3.05, 3.63) is 23.2 Å². The third-order valence-electron chi connectivity index (χ3n) is 3.82. The Balaban J connectivity index is 1.88. The Morgan fingerprint density at radius 2 is 2.00 bits per heavy atom. The van der Waals surface area contributed by atoms with Crippen molar-refractivity contribution in [2.45, 2.75) is 33.6 Å². The molecule has 1 atom stereocenters. The number of hydrazine groups is 1. The minimum absolute atomic E-state index is 0.0361. The second-order valence-corrected chi connectivity index (χ2v) is 5.57. The van der Waals surface area contributed by atoms with Gasteiger partial charge in [-0.2, -0.15) is 0 Å². The Labute approximate surface area is 129 Å². The molecule has 2 N–H and O–H groups in total. The lowest BCUT2D eigenvalue weighted by Crippen LogP contribution is -2.49. The first-order valence-electron chi connectivity index (χ1n) is 7.31. The van der Waals surface area contributed by atoms with Crippen molar-refractivity contribution >= 4 is 17.7 Å². The number of amides is 3. The summed E-state index contributed by atoms with van der Waals surface area (Å²) < 4.78 is 5.28. The SMILES string of the molecule is CC(=O)N1CCC[C@@H](C(=O)NNC(=O)c2cc(C)oc2C)C1. The number of aryl methyl sites for hydroxylation is 2. The molecule has 7 heteroatoms. The highest BCUT2D eigenvalue weighted by atomic mass is 16.3. The van der Waals surface area contributed by atoms with Gasteiger partial charge in [0.05, 0.1) is 11.5 Å². The number of nitrogens with one attached hydrogen (secondary N) is 2. The van der Waals surface area contributed by atoms with Crippen LogP contribution < -0.4 is 10.9 Å². The highest BCUT2D eigenvalue weighted by Crippen LogP contribution is 2.17. The summed E-state index contributed by atoms with van der Waals surface area (Å²) in [7, 11) is 0. The number of hydrogen-bond donors (Lipinski definition) is 2. The lowest BCUT2D eigenvalue weighted by molar-refractivity contribution is -0.134. The molecule has 1 aromatic heterocycles. The monoisotopic (exact) mass is 307 g/mol. The van der Waals surface area contributed by atoms with Crippen molar-refractivity contribution in [2.24, 2.45) is 5.92 Å². The molecule has 2 heterocycles. The molecular formula is C15H21N3O4. The molecule has 0 spiro atoms. The largest absolute Gasteiger partial charge is 0.466 e. The van der Waals surface area contributed by atoms with Crippen molar-refractivity contribution < 1.29 is 18.8 Å². The summed E-state index contributed by atoms with van der Waals surface area (Å²) in [5.74, 6) is 0.110. The summed E-state index contributed by atoms with van der Waals surface area (Å²) in [6.07, 6.45) is 1.49. The third-order valence-corrected chi connectivity index (χ3v) is 3.82. The maximum absolute atomic E-state index is 12.1. The zero-order chi connectivity index (χ0) is 16.3. The Hall–Kier alpha value is -2.31. The second kappa shape index (κ2) is 6.64. The summed E-state index contributed by atoms with van der Waals surface area (Å²) in [5, 5.41) is 0. The van der Waals surface area contributed by atoms with Gasteiger partial charge < -0.3 is 9.32 Å². The molecule has 0 aromatic carbocycles. The van der Waals surface area contributed by atoms with Crippen LogP contribution >= 0.6 is 0 Å². The molecule has 1 aromatic rings. The number of carbonyl (C=O) groups is 3. The van der Waals surface area contributed by atoms with E-state index >= 15 is 0 Å². The smallest absolute Gasteiger partial charge is 0.273 e. The van der Waals surface area contributed by atoms with E-state index in [1.54, 1.807) is 24.8 Å². The molecule has 1 saturated heterocycles. The second-order valence-electron chi connectivity index (χ2n) is 5.57. The number of likely N-dealkylation sites (tertiary alicyclic amines) is 1. The van der Waals surface area contributed by atoms with E-state index in [9.17, 15) is 14.4 Å². The quantitative estimate of drug-likeness (QED) is 0.795. The molecule has 1 aliphatic heterocycles. The van der Waals surface area contributed by atoms with Crippen molar-refractivity contribution in [1.29, 1.82) is 0 Å². The number of hydrogen-bond acceptors (Lipinski definition) is 4. The molecule has 3 amide bonds. The first-order valence-corrected chi connectivity index (χ1v) is 7.31. The summed E-state index contributed by atoms with van der Waals surface area (Å²) in [6.45, 7) is 6.00. The van der Waals surface area contributed by atoms with Gasteiger partial charge >= 0.3 is 0 Å². The maximum Gasteiger partial charge on any atom is 0.273 e. The van der Waals surface area contributed by atoms with Gasteiger partial charge in [0.25, 0.3) is 5.91 Å².